The van der Waals surface area contributed by atoms with Gasteiger partial charge in [-0.05, 0) is 30.7 Å². The molecule has 25 heavy (non-hydrogen) atoms. The van der Waals surface area contributed by atoms with Crippen LogP contribution >= 0.6 is 0 Å². The minimum absolute atomic E-state index is 0.218. The number of rotatable bonds is 4. The van der Waals surface area contributed by atoms with Gasteiger partial charge < -0.3 is 11.5 Å². The predicted octanol–water partition coefficient (Wildman–Crippen LogP) is 1.16. The molecule has 1 aromatic carbocycles. The minimum Gasteiger partial charge on any atom is -0.326 e. The van der Waals surface area contributed by atoms with Crippen molar-refractivity contribution in [2.45, 2.75) is 25.6 Å². The Morgan fingerprint density at radius 1 is 1.16 bits per heavy atom. The number of nitrogens with two attached hydrogens (primary N) is 2. The zero-order valence-electron chi connectivity index (χ0n) is 13.7. The summed E-state index contributed by atoms with van der Waals surface area (Å²) in [5.41, 5.74) is 15.7. The van der Waals surface area contributed by atoms with Crippen LogP contribution in [0.2, 0.25) is 0 Å². The van der Waals surface area contributed by atoms with Crippen LogP contribution in [0.1, 0.15) is 24.2 Å². The van der Waals surface area contributed by atoms with Crippen molar-refractivity contribution in [3.05, 3.63) is 54.0 Å². The van der Waals surface area contributed by atoms with Crippen molar-refractivity contribution < 1.29 is 0 Å². The lowest BCUT2D eigenvalue weighted by Crippen LogP contribution is -2.31. The molecule has 0 spiro atoms. The summed E-state index contributed by atoms with van der Waals surface area (Å²) < 4.78 is 1.72. The quantitative estimate of drug-likeness (QED) is 0.574. The molecule has 0 saturated carbocycles. The summed E-state index contributed by atoms with van der Waals surface area (Å²) in [7, 11) is 0. The van der Waals surface area contributed by atoms with Gasteiger partial charge in [0.2, 0.25) is 5.65 Å². The van der Waals surface area contributed by atoms with Crippen LogP contribution in [0.15, 0.2) is 42.7 Å². The summed E-state index contributed by atoms with van der Waals surface area (Å²) in [6.45, 7) is 2.38. The van der Waals surface area contributed by atoms with Crippen molar-refractivity contribution in [2.75, 3.05) is 0 Å². The van der Waals surface area contributed by atoms with Gasteiger partial charge in [-0.1, -0.05) is 17.3 Å². The fourth-order valence-corrected chi connectivity index (χ4v) is 2.70. The molecule has 0 aliphatic heterocycles. The molecule has 2 unspecified atom stereocenters. The van der Waals surface area contributed by atoms with Crippen molar-refractivity contribution in [2.24, 2.45) is 11.5 Å². The van der Waals surface area contributed by atoms with E-state index in [1.54, 1.807) is 17.1 Å². The summed E-state index contributed by atoms with van der Waals surface area (Å²) in [5, 5.41) is 9.33. The highest BCUT2D eigenvalue weighted by molar-refractivity contribution is 5.79. The van der Waals surface area contributed by atoms with E-state index in [2.05, 4.69) is 31.3 Å². The van der Waals surface area contributed by atoms with Crippen molar-refractivity contribution >= 4 is 22.2 Å². The lowest BCUT2D eigenvalue weighted by atomic mass is 10.1. The van der Waals surface area contributed by atoms with Crippen LogP contribution in [-0.2, 0) is 6.54 Å². The number of nitrogens with zero attached hydrogens (tertiary/aromatic N) is 6. The summed E-state index contributed by atoms with van der Waals surface area (Å²) in [5.74, 6) is 0. The third kappa shape index (κ3) is 2.92. The Labute approximate surface area is 143 Å². The first-order chi connectivity index (χ1) is 12.1. The number of benzene rings is 1. The Morgan fingerprint density at radius 2 is 2.04 bits per heavy atom. The van der Waals surface area contributed by atoms with Gasteiger partial charge in [0.25, 0.3) is 0 Å². The van der Waals surface area contributed by atoms with Crippen LogP contribution in [-0.4, -0.2) is 36.0 Å². The summed E-state index contributed by atoms with van der Waals surface area (Å²) in [6, 6.07) is 9.45. The molecule has 3 aromatic heterocycles. The summed E-state index contributed by atoms with van der Waals surface area (Å²) in [4.78, 5) is 13.2. The maximum Gasteiger partial charge on any atom is 0.221 e. The van der Waals surface area contributed by atoms with E-state index in [0.29, 0.717) is 23.5 Å². The predicted molar refractivity (Wildman–Crippen MR) is 94.5 cm³/mol. The number of aromatic nitrogens is 6. The molecule has 0 radical (unpaired) electrons. The van der Waals surface area contributed by atoms with Crippen LogP contribution < -0.4 is 11.5 Å². The fraction of sp³-hybridized carbons (Fsp3) is 0.235. The van der Waals surface area contributed by atoms with Crippen LogP contribution in [0.25, 0.3) is 22.2 Å². The largest absolute Gasteiger partial charge is 0.326 e. The van der Waals surface area contributed by atoms with Gasteiger partial charge >= 0.3 is 0 Å². The van der Waals surface area contributed by atoms with Gasteiger partial charge in [0, 0.05) is 17.6 Å². The van der Waals surface area contributed by atoms with Gasteiger partial charge in [-0.25, -0.2) is 14.6 Å². The van der Waals surface area contributed by atoms with E-state index in [-0.39, 0.29) is 12.1 Å². The highest BCUT2D eigenvalue weighted by Crippen LogP contribution is 2.17. The standard InChI is InChI=1S/C17H18N8/c1-10(18)15(19)14-8-21-16-17(22-14)25(24-23-16)9-11-4-5-13-12(7-11)3-2-6-20-13/h2-8,10,15H,9,18-19H2,1H3. The van der Waals surface area contributed by atoms with Gasteiger partial charge in [-0.2, -0.15) is 0 Å². The average Bonchev–Trinajstić information content (AvgIpc) is 3.03. The first kappa shape index (κ1) is 15.6. The monoisotopic (exact) mass is 334 g/mol. The highest BCUT2D eigenvalue weighted by atomic mass is 15.4. The molecule has 0 bridgehead atoms. The molecular weight excluding hydrogens is 316 g/mol. The van der Waals surface area contributed by atoms with Gasteiger partial charge in [-0.3, -0.25) is 4.98 Å². The number of hydrogen-bond donors (Lipinski definition) is 2. The van der Waals surface area contributed by atoms with Crippen LogP contribution in [0, 0.1) is 0 Å². The molecule has 8 nitrogen and oxygen atoms in total. The Bertz CT molecular complexity index is 1040. The Morgan fingerprint density at radius 3 is 2.88 bits per heavy atom. The molecule has 2 atom stereocenters. The molecule has 0 aliphatic rings. The van der Waals surface area contributed by atoms with E-state index in [1.807, 2.05) is 31.2 Å². The second-order valence-electron chi connectivity index (χ2n) is 6.10. The molecule has 0 aliphatic carbocycles. The van der Waals surface area contributed by atoms with E-state index in [4.69, 9.17) is 11.5 Å². The fourth-order valence-electron chi connectivity index (χ4n) is 2.70. The Kier molecular flexibility index (Phi) is 3.83. The van der Waals surface area contributed by atoms with Gasteiger partial charge in [-0.15, -0.1) is 5.10 Å². The number of pyridine rings is 1. The lowest BCUT2D eigenvalue weighted by molar-refractivity contribution is 0.572. The first-order valence-corrected chi connectivity index (χ1v) is 8.03. The van der Waals surface area contributed by atoms with Crippen LogP contribution in [0.5, 0.6) is 0 Å². The van der Waals surface area contributed by atoms with Crippen molar-refractivity contribution in [3.8, 4) is 0 Å². The van der Waals surface area contributed by atoms with Crippen molar-refractivity contribution in [1.82, 2.24) is 29.9 Å². The molecule has 3 heterocycles. The van der Waals surface area contributed by atoms with E-state index in [9.17, 15) is 0 Å². The van der Waals surface area contributed by atoms with Crippen molar-refractivity contribution in [3.63, 3.8) is 0 Å². The number of hydrogen-bond acceptors (Lipinski definition) is 7. The molecular formula is C17H18N8. The third-order valence-corrected chi connectivity index (χ3v) is 4.15. The van der Waals surface area contributed by atoms with E-state index in [1.165, 1.54) is 0 Å². The summed E-state index contributed by atoms with van der Waals surface area (Å²) >= 11 is 0. The molecule has 4 rings (SSSR count). The maximum atomic E-state index is 6.08. The normalized spacial score (nSPS) is 14.0. The topological polar surface area (TPSA) is 121 Å². The van der Waals surface area contributed by atoms with Crippen LogP contribution in [0.3, 0.4) is 0 Å². The third-order valence-electron chi connectivity index (χ3n) is 4.15. The highest BCUT2D eigenvalue weighted by Gasteiger charge is 2.16. The molecule has 0 saturated heterocycles. The Hall–Kier alpha value is -2.97. The SMILES string of the molecule is CC(N)C(N)c1cnc2nnn(Cc3ccc4ncccc4c3)c2n1. The molecule has 0 amide bonds. The molecule has 0 fully saturated rings. The van der Waals surface area contributed by atoms with Gasteiger partial charge in [0.15, 0.2) is 5.65 Å². The average molecular weight is 334 g/mol. The Balaban J connectivity index is 1.71. The molecule has 4 aromatic rings. The molecule has 126 valence electrons. The second-order valence-corrected chi connectivity index (χ2v) is 6.10. The second kappa shape index (κ2) is 6.15. The van der Waals surface area contributed by atoms with Gasteiger partial charge in [0.1, 0.15) is 0 Å². The lowest BCUT2D eigenvalue weighted by Gasteiger charge is -2.14. The van der Waals surface area contributed by atoms with E-state index >= 15 is 0 Å². The van der Waals surface area contributed by atoms with Crippen LogP contribution in [0.4, 0.5) is 0 Å². The zero-order valence-corrected chi connectivity index (χ0v) is 13.7. The smallest absolute Gasteiger partial charge is 0.221 e. The van der Waals surface area contributed by atoms with Crippen molar-refractivity contribution in [1.29, 1.82) is 0 Å². The van der Waals surface area contributed by atoms with Gasteiger partial charge in [0.05, 0.1) is 30.0 Å². The number of fused-ring (bicyclic) bond motifs is 2. The first-order valence-electron chi connectivity index (χ1n) is 8.03. The minimum atomic E-state index is -0.382. The summed E-state index contributed by atoms with van der Waals surface area (Å²) in [6.07, 6.45) is 3.39. The zero-order chi connectivity index (χ0) is 17.4. The van der Waals surface area contributed by atoms with E-state index < -0.39 is 0 Å². The molecule has 4 N–H and O–H groups in total. The maximum absolute atomic E-state index is 6.08. The molecule has 8 heteroatoms. The van der Waals surface area contributed by atoms with E-state index in [0.717, 1.165) is 16.5 Å².